The zero-order valence-electron chi connectivity index (χ0n) is 8.57. The molecule has 1 aromatic carbocycles. The van der Waals surface area contributed by atoms with Crippen molar-refractivity contribution in [1.82, 2.24) is 0 Å². The summed E-state index contributed by atoms with van der Waals surface area (Å²) in [4.78, 5) is 0. The molecular weight excluding hydrogens is 184 g/mol. The van der Waals surface area contributed by atoms with Crippen LogP contribution in [0.3, 0.4) is 0 Å². The maximum Gasteiger partial charge on any atom is 0.122 e. The van der Waals surface area contributed by atoms with Crippen LogP contribution in [-0.2, 0) is 6.42 Å². The van der Waals surface area contributed by atoms with Gasteiger partial charge >= 0.3 is 0 Å². The van der Waals surface area contributed by atoms with E-state index in [-0.39, 0.29) is 0 Å². The molecule has 0 amide bonds. The third-order valence-corrected chi connectivity index (χ3v) is 2.98. The van der Waals surface area contributed by atoms with Gasteiger partial charge in [0.1, 0.15) is 5.75 Å². The molecule has 0 aliphatic carbocycles. The molecule has 1 rings (SSSR count). The van der Waals surface area contributed by atoms with Crippen molar-refractivity contribution in [1.29, 1.82) is 0 Å². The summed E-state index contributed by atoms with van der Waals surface area (Å²) in [6.07, 6.45) is 0.941. The zero-order chi connectivity index (χ0) is 10.0. The second-order valence-corrected chi connectivity index (χ2v) is 3.53. The SMILES string of the molecule is CCc1cc(OC)c(C)c(C)c1Cl. The Balaban J connectivity index is 3.36. The first-order valence-corrected chi connectivity index (χ1v) is 4.82. The van der Waals surface area contributed by atoms with E-state index < -0.39 is 0 Å². The van der Waals surface area contributed by atoms with E-state index in [1.807, 2.05) is 19.9 Å². The van der Waals surface area contributed by atoms with Crippen LogP contribution in [0.15, 0.2) is 6.07 Å². The first kappa shape index (κ1) is 10.4. The Bertz CT molecular complexity index is 290. The van der Waals surface area contributed by atoms with Crippen molar-refractivity contribution in [2.24, 2.45) is 0 Å². The molecule has 72 valence electrons. The van der Waals surface area contributed by atoms with Gasteiger partial charge in [0, 0.05) is 5.02 Å². The molecule has 2 heteroatoms. The molecule has 0 spiro atoms. The minimum Gasteiger partial charge on any atom is -0.496 e. The summed E-state index contributed by atoms with van der Waals surface area (Å²) in [7, 11) is 1.69. The number of aryl methyl sites for hydroxylation is 1. The van der Waals surface area contributed by atoms with Crippen LogP contribution in [0.2, 0.25) is 5.02 Å². The van der Waals surface area contributed by atoms with Gasteiger partial charge in [0.15, 0.2) is 0 Å². The predicted molar refractivity (Wildman–Crippen MR) is 56.9 cm³/mol. The lowest BCUT2D eigenvalue weighted by Gasteiger charge is -2.12. The minimum atomic E-state index is 0.876. The van der Waals surface area contributed by atoms with E-state index in [0.717, 1.165) is 33.9 Å². The van der Waals surface area contributed by atoms with Gasteiger partial charge in [-0.15, -0.1) is 0 Å². The summed E-state index contributed by atoms with van der Waals surface area (Å²) in [5.74, 6) is 0.929. The molecule has 0 aromatic heterocycles. The third-order valence-electron chi connectivity index (χ3n) is 2.45. The number of halogens is 1. The Morgan fingerprint density at radius 3 is 2.38 bits per heavy atom. The van der Waals surface area contributed by atoms with E-state index in [1.54, 1.807) is 7.11 Å². The first-order valence-electron chi connectivity index (χ1n) is 4.44. The van der Waals surface area contributed by atoms with Gasteiger partial charge in [0.05, 0.1) is 7.11 Å². The van der Waals surface area contributed by atoms with Gasteiger partial charge in [-0.2, -0.15) is 0 Å². The van der Waals surface area contributed by atoms with Crippen LogP contribution < -0.4 is 4.74 Å². The van der Waals surface area contributed by atoms with Crippen LogP contribution in [0.5, 0.6) is 5.75 Å². The second kappa shape index (κ2) is 4.01. The summed E-state index contributed by atoms with van der Waals surface area (Å²) in [6, 6.07) is 2.02. The Morgan fingerprint density at radius 1 is 1.31 bits per heavy atom. The quantitative estimate of drug-likeness (QED) is 0.707. The van der Waals surface area contributed by atoms with Crippen molar-refractivity contribution in [2.45, 2.75) is 27.2 Å². The molecule has 0 bridgehead atoms. The Kier molecular flexibility index (Phi) is 3.21. The molecule has 0 saturated carbocycles. The van der Waals surface area contributed by atoms with Gasteiger partial charge in [0.2, 0.25) is 0 Å². The summed E-state index contributed by atoms with van der Waals surface area (Å²) >= 11 is 6.17. The average molecular weight is 199 g/mol. The van der Waals surface area contributed by atoms with E-state index in [4.69, 9.17) is 16.3 Å². The molecule has 1 aromatic rings. The molecule has 0 aliphatic heterocycles. The number of hydrogen-bond acceptors (Lipinski definition) is 1. The van der Waals surface area contributed by atoms with Crippen LogP contribution in [0.4, 0.5) is 0 Å². The first-order chi connectivity index (χ1) is 6.11. The lowest BCUT2D eigenvalue weighted by atomic mass is 10.0. The lowest BCUT2D eigenvalue weighted by molar-refractivity contribution is 0.411. The highest BCUT2D eigenvalue weighted by Crippen LogP contribution is 2.31. The smallest absolute Gasteiger partial charge is 0.122 e. The monoisotopic (exact) mass is 198 g/mol. The minimum absolute atomic E-state index is 0.876. The standard InChI is InChI=1S/C11H15ClO/c1-5-9-6-10(13-4)7(2)8(3)11(9)12/h6H,5H2,1-4H3. The molecule has 0 saturated heterocycles. The molecule has 1 nitrogen and oxygen atoms in total. The summed E-state index contributed by atoms with van der Waals surface area (Å²) in [5.41, 5.74) is 3.41. The van der Waals surface area contributed by atoms with E-state index in [1.165, 1.54) is 0 Å². The van der Waals surface area contributed by atoms with Crippen molar-refractivity contribution in [3.8, 4) is 5.75 Å². The average Bonchev–Trinajstić information content (AvgIpc) is 2.15. The largest absolute Gasteiger partial charge is 0.496 e. The summed E-state index contributed by atoms with van der Waals surface area (Å²) in [6.45, 7) is 6.15. The lowest BCUT2D eigenvalue weighted by Crippen LogP contribution is -1.95. The predicted octanol–water partition coefficient (Wildman–Crippen LogP) is 3.53. The number of hydrogen-bond donors (Lipinski definition) is 0. The molecule has 0 unspecified atom stereocenters. The zero-order valence-corrected chi connectivity index (χ0v) is 9.33. The maximum absolute atomic E-state index is 6.17. The molecule has 0 aliphatic rings. The van der Waals surface area contributed by atoms with Gasteiger partial charge in [-0.25, -0.2) is 0 Å². The van der Waals surface area contributed by atoms with Gasteiger partial charge in [-0.3, -0.25) is 0 Å². The second-order valence-electron chi connectivity index (χ2n) is 3.16. The number of benzene rings is 1. The van der Waals surface area contributed by atoms with Crippen molar-refractivity contribution in [3.05, 3.63) is 27.8 Å². The Morgan fingerprint density at radius 2 is 1.92 bits per heavy atom. The summed E-state index contributed by atoms with van der Waals surface area (Å²) in [5, 5.41) is 0.876. The molecule has 0 atom stereocenters. The molecule has 0 radical (unpaired) electrons. The molecule has 0 N–H and O–H groups in total. The van der Waals surface area contributed by atoms with E-state index in [2.05, 4.69) is 6.92 Å². The fourth-order valence-corrected chi connectivity index (χ4v) is 1.72. The van der Waals surface area contributed by atoms with Crippen molar-refractivity contribution in [3.63, 3.8) is 0 Å². The molecular formula is C11H15ClO. The van der Waals surface area contributed by atoms with Crippen LogP contribution in [-0.4, -0.2) is 7.11 Å². The fourth-order valence-electron chi connectivity index (χ4n) is 1.39. The highest BCUT2D eigenvalue weighted by molar-refractivity contribution is 6.32. The van der Waals surface area contributed by atoms with Crippen molar-refractivity contribution >= 4 is 11.6 Å². The number of methoxy groups -OCH3 is 1. The normalized spacial score (nSPS) is 10.2. The summed E-state index contributed by atoms with van der Waals surface area (Å²) < 4.78 is 5.26. The van der Waals surface area contributed by atoms with Gasteiger partial charge in [0.25, 0.3) is 0 Å². The third kappa shape index (κ3) is 1.80. The van der Waals surface area contributed by atoms with Crippen LogP contribution >= 0.6 is 11.6 Å². The van der Waals surface area contributed by atoms with Crippen LogP contribution in [0, 0.1) is 13.8 Å². The topological polar surface area (TPSA) is 9.23 Å². The van der Waals surface area contributed by atoms with Crippen molar-refractivity contribution < 1.29 is 4.74 Å². The van der Waals surface area contributed by atoms with Crippen molar-refractivity contribution in [2.75, 3.05) is 7.11 Å². The van der Waals surface area contributed by atoms with Gasteiger partial charge < -0.3 is 4.74 Å². The Hall–Kier alpha value is -0.690. The molecule has 0 heterocycles. The molecule has 13 heavy (non-hydrogen) atoms. The number of rotatable bonds is 2. The van der Waals surface area contributed by atoms with Crippen LogP contribution in [0.25, 0.3) is 0 Å². The van der Waals surface area contributed by atoms with E-state index in [0.29, 0.717) is 0 Å². The van der Waals surface area contributed by atoms with Gasteiger partial charge in [-0.05, 0) is 43.0 Å². The van der Waals surface area contributed by atoms with Crippen LogP contribution in [0.1, 0.15) is 23.6 Å². The van der Waals surface area contributed by atoms with E-state index >= 15 is 0 Å². The highest BCUT2D eigenvalue weighted by Gasteiger charge is 2.09. The Labute approximate surface area is 84.7 Å². The number of ether oxygens (including phenoxy) is 1. The van der Waals surface area contributed by atoms with Gasteiger partial charge in [-0.1, -0.05) is 18.5 Å². The molecule has 0 fully saturated rings. The fraction of sp³-hybridized carbons (Fsp3) is 0.455. The maximum atomic E-state index is 6.17. The highest BCUT2D eigenvalue weighted by atomic mass is 35.5. The van der Waals surface area contributed by atoms with E-state index in [9.17, 15) is 0 Å².